The van der Waals surface area contributed by atoms with Gasteiger partial charge in [0.15, 0.2) is 6.61 Å². The van der Waals surface area contributed by atoms with Crippen molar-refractivity contribution in [3.8, 4) is 11.3 Å². The summed E-state index contributed by atoms with van der Waals surface area (Å²) in [4.78, 5) is 64.3. The van der Waals surface area contributed by atoms with E-state index in [9.17, 15) is 24.0 Å². The normalized spacial score (nSPS) is 10.7. The zero-order chi connectivity index (χ0) is 28.1. The Kier molecular flexibility index (Phi) is 7.85. The quantitative estimate of drug-likeness (QED) is 0.248. The zero-order valence-corrected chi connectivity index (χ0v) is 21.1. The van der Waals surface area contributed by atoms with Crippen LogP contribution in [0.4, 0.5) is 5.82 Å². The Labute approximate surface area is 221 Å². The van der Waals surface area contributed by atoms with Crippen LogP contribution in [0.5, 0.6) is 0 Å². The second kappa shape index (κ2) is 11.4. The van der Waals surface area contributed by atoms with E-state index in [2.05, 4.69) is 9.89 Å². The van der Waals surface area contributed by atoms with Crippen LogP contribution in [0.3, 0.4) is 0 Å². The fraction of sp³-hybridized carbons (Fsp3) is 0.185. The Balaban J connectivity index is 1.68. The molecule has 2 N–H and O–H groups in total. The number of nitrogens with zero attached hydrogens (tertiary/aromatic N) is 3. The smallest absolute Gasteiger partial charge is 0.344 e. The summed E-state index contributed by atoms with van der Waals surface area (Å²) in [7, 11) is 1.09. The number of anilines is 1. The molecule has 4 aromatic rings. The minimum Gasteiger partial charge on any atom is -0.468 e. The standard InChI is InChI=1S/C27H24N4O8/c1-16-21(23(29-39-16)18-11-7-4-8-12-18)26(35)38-15-19(32)22-24(28)30(13-17-9-5-3-6-10-17)27(36)31(25(22)34)14-20(33)37-2/h3-12H,13-15,28H2,1-2H3. The van der Waals surface area contributed by atoms with Gasteiger partial charge in [0.2, 0.25) is 5.78 Å². The number of nitrogens with two attached hydrogens (primary N) is 1. The maximum Gasteiger partial charge on any atom is 0.344 e. The van der Waals surface area contributed by atoms with Gasteiger partial charge in [-0.05, 0) is 12.5 Å². The van der Waals surface area contributed by atoms with Crippen LogP contribution in [-0.2, 0) is 27.4 Å². The number of aromatic nitrogens is 3. The fourth-order valence-corrected chi connectivity index (χ4v) is 3.91. The highest BCUT2D eigenvalue weighted by atomic mass is 16.5. The molecule has 2 heterocycles. The number of hydrogen-bond acceptors (Lipinski definition) is 10. The van der Waals surface area contributed by atoms with Gasteiger partial charge in [-0.2, -0.15) is 0 Å². The molecular weight excluding hydrogens is 508 g/mol. The number of ether oxygens (including phenoxy) is 2. The van der Waals surface area contributed by atoms with E-state index >= 15 is 0 Å². The average molecular weight is 533 g/mol. The summed E-state index contributed by atoms with van der Waals surface area (Å²) >= 11 is 0. The highest BCUT2D eigenvalue weighted by Gasteiger charge is 2.27. The molecule has 0 atom stereocenters. The Bertz CT molecular complexity index is 1650. The molecule has 39 heavy (non-hydrogen) atoms. The molecule has 0 saturated carbocycles. The zero-order valence-electron chi connectivity index (χ0n) is 21.1. The van der Waals surface area contributed by atoms with E-state index in [0.29, 0.717) is 15.7 Å². The first-order chi connectivity index (χ1) is 18.7. The molecule has 12 heteroatoms. The number of carbonyl (C=O) groups excluding carboxylic acids is 3. The number of methoxy groups -OCH3 is 1. The monoisotopic (exact) mass is 532 g/mol. The van der Waals surface area contributed by atoms with Crippen molar-refractivity contribution in [2.75, 3.05) is 19.5 Å². The van der Waals surface area contributed by atoms with Crippen LogP contribution in [0.25, 0.3) is 11.3 Å². The molecule has 0 amide bonds. The molecule has 200 valence electrons. The van der Waals surface area contributed by atoms with Crippen LogP contribution in [0.2, 0.25) is 0 Å². The highest BCUT2D eigenvalue weighted by Crippen LogP contribution is 2.25. The van der Waals surface area contributed by atoms with Gasteiger partial charge in [0.05, 0.1) is 13.7 Å². The van der Waals surface area contributed by atoms with Gasteiger partial charge in [-0.3, -0.25) is 19.0 Å². The third-order valence-corrected chi connectivity index (χ3v) is 5.89. The van der Waals surface area contributed by atoms with Gasteiger partial charge in [-0.1, -0.05) is 65.8 Å². The molecule has 0 aliphatic heterocycles. The van der Waals surface area contributed by atoms with Gasteiger partial charge < -0.3 is 19.7 Å². The van der Waals surface area contributed by atoms with E-state index in [-0.39, 0.29) is 23.6 Å². The maximum atomic E-state index is 13.2. The summed E-state index contributed by atoms with van der Waals surface area (Å²) in [5.41, 5.74) is 4.99. The lowest BCUT2D eigenvalue weighted by molar-refractivity contribution is -0.141. The average Bonchev–Trinajstić information content (AvgIpc) is 3.34. The molecule has 12 nitrogen and oxygen atoms in total. The first-order valence-corrected chi connectivity index (χ1v) is 11.7. The maximum absolute atomic E-state index is 13.2. The molecule has 0 saturated heterocycles. The van der Waals surface area contributed by atoms with Crippen molar-refractivity contribution < 1.29 is 28.4 Å². The first-order valence-electron chi connectivity index (χ1n) is 11.7. The fourth-order valence-electron chi connectivity index (χ4n) is 3.91. The van der Waals surface area contributed by atoms with E-state index in [1.54, 1.807) is 60.7 Å². The van der Waals surface area contributed by atoms with Gasteiger partial charge in [-0.15, -0.1) is 0 Å². The van der Waals surface area contributed by atoms with Crippen LogP contribution >= 0.6 is 0 Å². The van der Waals surface area contributed by atoms with Crippen molar-refractivity contribution in [3.63, 3.8) is 0 Å². The Hall–Kier alpha value is -5.26. The molecule has 0 fully saturated rings. The van der Waals surface area contributed by atoms with Crippen LogP contribution in [0.1, 0.15) is 32.0 Å². The topological polar surface area (TPSA) is 166 Å². The summed E-state index contributed by atoms with van der Waals surface area (Å²) in [5.74, 6) is -3.02. The summed E-state index contributed by atoms with van der Waals surface area (Å²) in [5, 5.41) is 3.91. The van der Waals surface area contributed by atoms with Crippen molar-refractivity contribution in [3.05, 3.63) is 104 Å². The summed E-state index contributed by atoms with van der Waals surface area (Å²) in [6, 6.07) is 17.4. The van der Waals surface area contributed by atoms with Gasteiger partial charge in [0.1, 0.15) is 34.9 Å². The van der Waals surface area contributed by atoms with E-state index in [0.717, 1.165) is 11.7 Å². The van der Waals surface area contributed by atoms with Crippen molar-refractivity contribution in [2.24, 2.45) is 0 Å². The first kappa shape index (κ1) is 26.8. The summed E-state index contributed by atoms with van der Waals surface area (Å²) < 4.78 is 16.5. The summed E-state index contributed by atoms with van der Waals surface area (Å²) in [6.07, 6.45) is 0. The van der Waals surface area contributed by atoms with Crippen LogP contribution in [0.15, 0.2) is 74.8 Å². The Morgan fingerprint density at radius 1 is 0.949 bits per heavy atom. The van der Waals surface area contributed by atoms with Gasteiger partial charge in [0.25, 0.3) is 5.56 Å². The Morgan fingerprint density at radius 3 is 2.23 bits per heavy atom. The largest absolute Gasteiger partial charge is 0.468 e. The molecule has 4 rings (SSSR count). The lowest BCUT2D eigenvalue weighted by Gasteiger charge is -2.16. The number of carbonyl (C=O) groups is 3. The van der Waals surface area contributed by atoms with E-state index in [1.165, 1.54) is 6.92 Å². The second-order valence-corrected chi connectivity index (χ2v) is 8.41. The lowest BCUT2D eigenvalue weighted by atomic mass is 10.1. The number of nitrogen functional groups attached to an aromatic ring is 1. The van der Waals surface area contributed by atoms with E-state index in [1.807, 2.05) is 0 Å². The predicted molar refractivity (Wildman–Crippen MR) is 138 cm³/mol. The molecule has 0 unspecified atom stereocenters. The number of ketones is 1. The SMILES string of the molecule is COC(=O)Cn1c(=O)c(C(=O)COC(=O)c2c(-c3ccccc3)noc2C)c(N)n(Cc2ccccc2)c1=O. The van der Waals surface area contributed by atoms with Gasteiger partial charge in [0, 0.05) is 5.56 Å². The van der Waals surface area contributed by atoms with Crippen LogP contribution in [0, 0.1) is 6.92 Å². The van der Waals surface area contributed by atoms with E-state index < -0.39 is 53.5 Å². The third kappa shape index (κ3) is 5.54. The molecule has 0 radical (unpaired) electrons. The molecule has 2 aromatic carbocycles. The lowest BCUT2D eigenvalue weighted by Crippen LogP contribution is -2.46. The number of rotatable bonds is 9. The number of esters is 2. The van der Waals surface area contributed by atoms with Gasteiger partial charge >= 0.3 is 17.6 Å². The minimum absolute atomic E-state index is 0.0131. The molecule has 0 bridgehead atoms. The van der Waals surface area contributed by atoms with Crippen molar-refractivity contribution in [1.29, 1.82) is 0 Å². The summed E-state index contributed by atoms with van der Waals surface area (Å²) in [6.45, 7) is -0.198. The van der Waals surface area contributed by atoms with Crippen LogP contribution < -0.4 is 17.0 Å². The number of hydrogen-bond donors (Lipinski definition) is 1. The van der Waals surface area contributed by atoms with Crippen LogP contribution in [-0.4, -0.2) is 45.7 Å². The molecular formula is C27H24N4O8. The second-order valence-electron chi connectivity index (χ2n) is 8.41. The predicted octanol–water partition coefficient (Wildman–Crippen LogP) is 1.82. The molecule has 2 aromatic heterocycles. The third-order valence-electron chi connectivity index (χ3n) is 5.89. The van der Waals surface area contributed by atoms with Crippen molar-refractivity contribution in [2.45, 2.75) is 20.0 Å². The number of aryl methyl sites for hydroxylation is 1. The Morgan fingerprint density at radius 2 is 1.59 bits per heavy atom. The minimum atomic E-state index is -1.11. The molecule has 0 aliphatic carbocycles. The number of Topliss-reactive ketones (excluding diaryl/α,β-unsaturated/α-hetero) is 1. The molecule has 0 aliphatic rings. The van der Waals surface area contributed by atoms with Gasteiger partial charge in [-0.25, -0.2) is 14.2 Å². The van der Waals surface area contributed by atoms with Crippen molar-refractivity contribution in [1.82, 2.24) is 14.3 Å². The van der Waals surface area contributed by atoms with E-state index in [4.69, 9.17) is 15.0 Å². The molecule has 0 spiro atoms. The van der Waals surface area contributed by atoms with Crippen molar-refractivity contribution >= 4 is 23.5 Å². The number of benzene rings is 2. The highest BCUT2D eigenvalue weighted by molar-refractivity contribution is 6.03.